The van der Waals surface area contributed by atoms with E-state index in [0.29, 0.717) is 0 Å². The lowest BCUT2D eigenvalue weighted by Crippen LogP contribution is -2.42. The van der Waals surface area contributed by atoms with Crippen LogP contribution in [0, 0.1) is 13.8 Å². The van der Waals surface area contributed by atoms with Gasteiger partial charge in [0.15, 0.2) is 0 Å². The standard InChI is InChI=1S/C22H29N3O2/c1-15-11-12-19(13-16(15)2)17(3)24-20(26)14-23-21(22(27)25(4)5)18-9-7-6-8-10-18/h6-13,17,21,23H,14H2,1-5H3,(H,24,26)/t17-,21+/m1/s1. The Bertz CT molecular complexity index is 787. The van der Waals surface area contributed by atoms with Gasteiger partial charge in [-0.05, 0) is 43.0 Å². The van der Waals surface area contributed by atoms with Crippen molar-refractivity contribution in [1.82, 2.24) is 15.5 Å². The third kappa shape index (κ3) is 5.66. The van der Waals surface area contributed by atoms with Crippen LogP contribution in [-0.4, -0.2) is 37.4 Å². The van der Waals surface area contributed by atoms with Crippen LogP contribution in [0.2, 0.25) is 0 Å². The predicted octanol–water partition coefficient (Wildman–Crippen LogP) is 2.90. The molecule has 5 heteroatoms. The number of hydrogen-bond acceptors (Lipinski definition) is 3. The van der Waals surface area contributed by atoms with Gasteiger partial charge in [0.05, 0.1) is 12.6 Å². The van der Waals surface area contributed by atoms with E-state index >= 15 is 0 Å². The highest BCUT2D eigenvalue weighted by atomic mass is 16.2. The Kier molecular flexibility index (Phi) is 7.13. The molecular weight excluding hydrogens is 338 g/mol. The first-order valence-electron chi connectivity index (χ1n) is 9.15. The molecule has 0 fully saturated rings. The van der Waals surface area contributed by atoms with Crippen molar-refractivity contribution in [3.8, 4) is 0 Å². The maximum Gasteiger partial charge on any atom is 0.243 e. The van der Waals surface area contributed by atoms with Crippen molar-refractivity contribution in [2.24, 2.45) is 0 Å². The molecule has 0 saturated heterocycles. The molecule has 0 aliphatic heterocycles. The molecular formula is C22H29N3O2. The van der Waals surface area contributed by atoms with Crippen LogP contribution in [0.4, 0.5) is 0 Å². The molecule has 0 bridgehead atoms. The summed E-state index contributed by atoms with van der Waals surface area (Å²) in [5.74, 6) is -0.232. The number of hydrogen-bond donors (Lipinski definition) is 2. The summed E-state index contributed by atoms with van der Waals surface area (Å²) >= 11 is 0. The second kappa shape index (κ2) is 9.33. The molecule has 5 nitrogen and oxygen atoms in total. The average molecular weight is 367 g/mol. The van der Waals surface area contributed by atoms with Crippen molar-refractivity contribution in [2.45, 2.75) is 32.9 Å². The highest BCUT2D eigenvalue weighted by molar-refractivity contribution is 5.84. The number of aryl methyl sites for hydroxylation is 2. The molecule has 2 N–H and O–H groups in total. The molecule has 2 atom stereocenters. The molecule has 0 radical (unpaired) electrons. The van der Waals surface area contributed by atoms with Gasteiger partial charge in [-0.15, -0.1) is 0 Å². The van der Waals surface area contributed by atoms with Gasteiger partial charge in [0, 0.05) is 14.1 Å². The molecule has 0 spiro atoms. The van der Waals surface area contributed by atoms with Crippen molar-refractivity contribution in [3.63, 3.8) is 0 Å². The van der Waals surface area contributed by atoms with Crippen LogP contribution >= 0.6 is 0 Å². The van der Waals surface area contributed by atoms with Gasteiger partial charge in [0.2, 0.25) is 11.8 Å². The summed E-state index contributed by atoms with van der Waals surface area (Å²) in [5.41, 5.74) is 4.33. The van der Waals surface area contributed by atoms with Gasteiger partial charge >= 0.3 is 0 Å². The minimum absolute atomic E-state index is 0.0638. The van der Waals surface area contributed by atoms with Gasteiger partial charge in [-0.25, -0.2) is 0 Å². The maximum absolute atomic E-state index is 12.5. The van der Waals surface area contributed by atoms with Crippen molar-refractivity contribution in [1.29, 1.82) is 0 Å². The Labute approximate surface area is 161 Å². The SMILES string of the molecule is Cc1ccc([C@@H](C)NC(=O)CN[C@H](C(=O)N(C)C)c2ccccc2)cc1C. The third-order valence-corrected chi connectivity index (χ3v) is 4.70. The molecule has 0 heterocycles. The van der Waals surface area contributed by atoms with Gasteiger partial charge in [-0.2, -0.15) is 0 Å². The Morgan fingerprint density at radius 3 is 2.22 bits per heavy atom. The van der Waals surface area contributed by atoms with E-state index in [1.165, 1.54) is 16.0 Å². The topological polar surface area (TPSA) is 61.4 Å². The van der Waals surface area contributed by atoms with Gasteiger partial charge in [0.1, 0.15) is 6.04 Å². The summed E-state index contributed by atoms with van der Waals surface area (Å²) in [6.07, 6.45) is 0. The number of nitrogens with zero attached hydrogens (tertiary/aromatic N) is 1. The highest BCUT2D eigenvalue weighted by Gasteiger charge is 2.22. The minimum Gasteiger partial charge on any atom is -0.348 e. The smallest absolute Gasteiger partial charge is 0.243 e. The average Bonchev–Trinajstić information content (AvgIpc) is 2.64. The molecule has 0 unspecified atom stereocenters. The lowest BCUT2D eigenvalue weighted by Gasteiger charge is -2.22. The monoisotopic (exact) mass is 367 g/mol. The fourth-order valence-corrected chi connectivity index (χ4v) is 2.86. The van der Waals surface area contributed by atoms with Crippen molar-refractivity contribution < 1.29 is 9.59 Å². The molecule has 2 rings (SSSR count). The van der Waals surface area contributed by atoms with Gasteiger partial charge in [-0.1, -0.05) is 48.5 Å². The second-order valence-electron chi connectivity index (χ2n) is 7.09. The van der Waals surface area contributed by atoms with E-state index in [2.05, 4.69) is 36.6 Å². The van der Waals surface area contributed by atoms with Crippen molar-refractivity contribution >= 4 is 11.8 Å². The second-order valence-corrected chi connectivity index (χ2v) is 7.09. The summed E-state index contributed by atoms with van der Waals surface area (Å²) in [7, 11) is 3.42. The van der Waals surface area contributed by atoms with Gasteiger partial charge in [0.25, 0.3) is 0 Å². The van der Waals surface area contributed by atoms with E-state index < -0.39 is 6.04 Å². The number of nitrogens with one attached hydrogen (secondary N) is 2. The zero-order valence-electron chi connectivity index (χ0n) is 16.7. The third-order valence-electron chi connectivity index (χ3n) is 4.70. The van der Waals surface area contributed by atoms with E-state index in [4.69, 9.17) is 0 Å². The molecule has 0 aromatic heterocycles. The molecule has 2 aromatic rings. The van der Waals surface area contributed by atoms with Crippen molar-refractivity contribution in [2.75, 3.05) is 20.6 Å². The van der Waals surface area contributed by atoms with Crippen LogP contribution in [0.1, 0.15) is 41.3 Å². The Morgan fingerprint density at radius 2 is 1.63 bits per heavy atom. The Morgan fingerprint density at radius 1 is 0.963 bits per heavy atom. The van der Waals surface area contributed by atoms with Crippen molar-refractivity contribution in [3.05, 3.63) is 70.8 Å². The predicted molar refractivity (Wildman–Crippen MR) is 108 cm³/mol. The molecule has 2 amide bonds. The van der Waals surface area contributed by atoms with Gasteiger partial charge < -0.3 is 10.2 Å². The lowest BCUT2D eigenvalue weighted by atomic mass is 10.0. The first kappa shape index (κ1) is 20.6. The normalized spacial score (nSPS) is 12.9. The summed E-state index contributed by atoms with van der Waals surface area (Å²) < 4.78 is 0. The van der Waals surface area contributed by atoms with Crippen LogP contribution in [-0.2, 0) is 9.59 Å². The van der Waals surface area contributed by atoms with Gasteiger partial charge in [-0.3, -0.25) is 14.9 Å². The first-order chi connectivity index (χ1) is 12.8. The van der Waals surface area contributed by atoms with E-state index in [0.717, 1.165) is 11.1 Å². The fourth-order valence-electron chi connectivity index (χ4n) is 2.86. The highest BCUT2D eigenvalue weighted by Crippen LogP contribution is 2.17. The van der Waals surface area contributed by atoms with E-state index in [-0.39, 0.29) is 24.4 Å². The zero-order valence-corrected chi connectivity index (χ0v) is 16.7. The molecule has 0 aliphatic rings. The quantitative estimate of drug-likeness (QED) is 0.791. The number of carbonyl (C=O) groups excluding carboxylic acids is 2. The molecule has 2 aromatic carbocycles. The molecule has 144 valence electrons. The fraction of sp³-hybridized carbons (Fsp3) is 0.364. The van der Waals surface area contributed by atoms with Crippen LogP contribution in [0.3, 0.4) is 0 Å². The van der Waals surface area contributed by atoms with Crippen LogP contribution < -0.4 is 10.6 Å². The van der Waals surface area contributed by atoms with E-state index in [1.54, 1.807) is 14.1 Å². The number of amides is 2. The minimum atomic E-state index is -0.552. The lowest BCUT2D eigenvalue weighted by molar-refractivity contribution is -0.131. The summed E-state index contributed by atoms with van der Waals surface area (Å²) in [4.78, 5) is 26.4. The largest absolute Gasteiger partial charge is 0.348 e. The number of benzene rings is 2. The zero-order chi connectivity index (χ0) is 20.0. The Hall–Kier alpha value is -2.66. The van der Waals surface area contributed by atoms with Crippen LogP contribution in [0.15, 0.2) is 48.5 Å². The first-order valence-corrected chi connectivity index (χ1v) is 9.15. The molecule has 0 aliphatic carbocycles. The van der Waals surface area contributed by atoms with Crippen LogP contribution in [0.25, 0.3) is 0 Å². The summed E-state index contributed by atoms with van der Waals surface area (Å²) in [6.45, 7) is 6.15. The van der Waals surface area contributed by atoms with E-state index in [9.17, 15) is 9.59 Å². The summed E-state index contributed by atoms with van der Waals surface area (Å²) in [6, 6.07) is 15.0. The number of rotatable bonds is 7. The Balaban J connectivity index is 2.00. The number of likely N-dealkylation sites (N-methyl/N-ethyl adjacent to an activating group) is 1. The van der Waals surface area contributed by atoms with E-state index in [1.807, 2.05) is 43.3 Å². The maximum atomic E-state index is 12.5. The summed E-state index contributed by atoms with van der Waals surface area (Å²) in [5, 5.41) is 6.08. The van der Waals surface area contributed by atoms with Crippen LogP contribution in [0.5, 0.6) is 0 Å². The number of carbonyl (C=O) groups is 2. The molecule has 0 saturated carbocycles. The molecule has 27 heavy (non-hydrogen) atoms.